The summed E-state index contributed by atoms with van der Waals surface area (Å²) in [7, 11) is 0. The van der Waals surface area contributed by atoms with Crippen molar-refractivity contribution >= 4 is 5.91 Å². The summed E-state index contributed by atoms with van der Waals surface area (Å²) < 4.78 is 0. The van der Waals surface area contributed by atoms with Gasteiger partial charge in [-0.05, 0) is 26.3 Å². The summed E-state index contributed by atoms with van der Waals surface area (Å²) in [4.78, 5) is 14.5. The molecule has 0 unspecified atom stereocenters. The van der Waals surface area contributed by atoms with Crippen molar-refractivity contribution in [1.82, 2.24) is 9.96 Å². The van der Waals surface area contributed by atoms with Crippen LogP contribution in [-0.4, -0.2) is 45.7 Å². The number of amides is 1. The molecule has 112 valence electrons. The van der Waals surface area contributed by atoms with Crippen LogP contribution in [0.15, 0.2) is 30.3 Å². The van der Waals surface area contributed by atoms with Gasteiger partial charge < -0.3 is 10.1 Å². The van der Waals surface area contributed by atoms with Gasteiger partial charge in [-0.15, -0.1) is 0 Å². The molecule has 1 heterocycles. The first-order valence-corrected chi connectivity index (χ1v) is 7.24. The van der Waals surface area contributed by atoms with Crippen LogP contribution in [0.4, 0.5) is 0 Å². The van der Waals surface area contributed by atoms with E-state index in [2.05, 4.69) is 6.07 Å². The molecule has 3 atom stereocenters. The Morgan fingerprint density at radius 1 is 1.38 bits per heavy atom. The van der Waals surface area contributed by atoms with Crippen LogP contribution in [0.25, 0.3) is 0 Å². The van der Waals surface area contributed by atoms with E-state index < -0.39 is 11.6 Å². The second-order valence-electron chi connectivity index (χ2n) is 5.43. The molecule has 1 aromatic carbocycles. The van der Waals surface area contributed by atoms with Crippen LogP contribution in [0, 0.1) is 11.3 Å². The molecule has 1 aliphatic heterocycles. The van der Waals surface area contributed by atoms with Crippen molar-refractivity contribution in [2.45, 2.75) is 38.3 Å². The van der Waals surface area contributed by atoms with Crippen molar-refractivity contribution in [2.24, 2.45) is 0 Å². The fourth-order valence-corrected chi connectivity index (χ4v) is 3.16. The lowest BCUT2D eigenvalue weighted by molar-refractivity contribution is -0.263. The number of benzene rings is 1. The smallest absolute Gasteiger partial charge is 0.245 e. The molecule has 0 saturated carbocycles. The number of carbonyl (C=O) groups excluding carboxylic acids is 1. The monoisotopic (exact) mass is 287 g/mol. The Hall–Kier alpha value is -1.90. The third kappa shape index (κ3) is 2.21. The molecule has 5 nitrogen and oxygen atoms in total. The average Bonchev–Trinajstić information content (AvgIpc) is 2.52. The van der Waals surface area contributed by atoms with Crippen LogP contribution in [0.2, 0.25) is 0 Å². The molecule has 1 amide bonds. The number of nitrogens with zero attached hydrogens (tertiary/aromatic N) is 3. The number of hydrogen-bond donors (Lipinski definition) is 1. The van der Waals surface area contributed by atoms with Crippen molar-refractivity contribution in [3.05, 3.63) is 35.9 Å². The molecule has 0 spiro atoms. The first-order chi connectivity index (χ1) is 10.0. The average molecular weight is 287 g/mol. The maximum atomic E-state index is 12.8. The van der Waals surface area contributed by atoms with E-state index in [9.17, 15) is 15.3 Å². The van der Waals surface area contributed by atoms with Crippen molar-refractivity contribution in [3.63, 3.8) is 0 Å². The lowest BCUT2D eigenvalue weighted by Gasteiger charge is -2.56. The number of likely N-dealkylation sites (N-methyl/N-ethyl adjacent to an activating group) is 1. The maximum absolute atomic E-state index is 12.8. The van der Waals surface area contributed by atoms with Gasteiger partial charge in [0.25, 0.3) is 0 Å². The van der Waals surface area contributed by atoms with Crippen LogP contribution < -0.4 is 0 Å². The zero-order valence-electron chi connectivity index (χ0n) is 12.7. The SMILES string of the molecule is CCN(CC)C(=O)[C@@]1(C)[C@@H](c2ccccc2)[C@H](C#N)N1O. The van der Waals surface area contributed by atoms with Gasteiger partial charge in [-0.3, -0.25) is 4.79 Å². The van der Waals surface area contributed by atoms with Crippen molar-refractivity contribution in [1.29, 1.82) is 5.26 Å². The zero-order valence-corrected chi connectivity index (χ0v) is 12.7. The van der Waals surface area contributed by atoms with E-state index in [-0.39, 0.29) is 11.8 Å². The molecule has 0 aromatic heterocycles. The van der Waals surface area contributed by atoms with Gasteiger partial charge in [-0.1, -0.05) is 30.3 Å². The Bertz CT molecular complexity index is 550. The Morgan fingerprint density at radius 2 is 1.95 bits per heavy atom. The molecular weight excluding hydrogens is 266 g/mol. The molecule has 1 aliphatic rings. The van der Waals surface area contributed by atoms with Gasteiger partial charge in [0.1, 0.15) is 11.6 Å². The van der Waals surface area contributed by atoms with Crippen LogP contribution in [0.5, 0.6) is 0 Å². The van der Waals surface area contributed by atoms with Crippen molar-refractivity contribution in [3.8, 4) is 6.07 Å². The second kappa shape index (κ2) is 5.84. The van der Waals surface area contributed by atoms with Gasteiger partial charge in [-0.25, -0.2) is 0 Å². The van der Waals surface area contributed by atoms with Gasteiger partial charge in [0.05, 0.1) is 6.07 Å². The summed E-state index contributed by atoms with van der Waals surface area (Å²) in [5, 5.41) is 20.4. The Labute approximate surface area is 125 Å². The molecule has 0 radical (unpaired) electrons. The molecule has 0 bridgehead atoms. The second-order valence-corrected chi connectivity index (χ2v) is 5.43. The summed E-state index contributed by atoms with van der Waals surface area (Å²) in [6, 6.07) is 10.8. The number of carbonyl (C=O) groups is 1. The standard InChI is InChI=1S/C16H21N3O2/c1-4-18(5-2)15(20)16(3)14(13(11-17)19(16)21)12-9-7-6-8-10-12/h6-10,13-14,21H,4-5H2,1-3H3/t13-,14-,16+/m0/s1. The molecular formula is C16H21N3O2. The van der Waals surface area contributed by atoms with Crippen molar-refractivity contribution in [2.75, 3.05) is 13.1 Å². The van der Waals surface area contributed by atoms with Gasteiger partial charge in [0, 0.05) is 19.0 Å². The summed E-state index contributed by atoms with van der Waals surface area (Å²) in [6.07, 6.45) is 0. The number of nitriles is 1. The lowest BCUT2D eigenvalue weighted by Crippen LogP contribution is -2.74. The quantitative estimate of drug-likeness (QED) is 0.919. The van der Waals surface area contributed by atoms with E-state index >= 15 is 0 Å². The van der Waals surface area contributed by atoms with E-state index in [1.54, 1.807) is 11.8 Å². The fourth-order valence-electron chi connectivity index (χ4n) is 3.16. The van der Waals surface area contributed by atoms with Gasteiger partial charge >= 0.3 is 0 Å². The van der Waals surface area contributed by atoms with E-state index in [0.717, 1.165) is 10.6 Å². The number of rotatable bonds is 4. The zero-order chi connectivity index (χ0) is 15.6. The first-order valence-electron chi connectivity index (χ1n) is 7.24. The highest BCUT2D eigenvalue weighted by Crippen LogP contribution is 2.48. The molecule has 1 N–H and O–H groups in total. The van der Waals surface area contributed by atoms with Crippen molar-refractivity contribution < 1.29 is 10.0 Å². The largest absolute Gasteiger partial charge is 0.342 e. The molecule has 1 fully saturated rings. The van der Waals surface area contributed by atoms with Gasteiger partial charge in [-0.2, -0.15) is 10.3 Å². The highest BCUT2D eigenvalue weighted by Gasteiger charge is 2.63. The predicted molar refractivity (Wildman–Crippen MR) is 78.5 cm³/mol. The third-order valence-electron chi connectivity index (χ3n) is 4.44. The first kappa shape index (κ1) is 15.5. The number of hydroxylamine groups is 2. The van der Waals surface area contributed by atoms with Gasteiger partial charge in [0.2, 0.25) is 5.91 Å². The van der Waals surface area contributed by atoms with Crippen LogP contribution >= 0.6 is 0 Å². The summed E-state index contributed by atoms with van der Waals surface area (Å²) in [6.45, 7) is 6.68. The highest BCUT2D eigenvalue weighted by molar-refractivity contribution is 5.89. The Morgan fingerprint density at radius 3 is 2.43 bits per heavy atom. The summed E-state index contributed by atoms with van der Waals surface area (Å²) in [5.74, 6) is -0.475. The van der Waals surface area contributed by atoms with E-state index in [4.69, 9.17) is 0 Å². The topological polar surface area (TPSA) is 67.6 Å². The third-order valence-corrected chi connectivity index (χ3v) is 4.44. The minimum Gasteiger partial charge on any atom is -0.342 e. The maximum Gasteiger partial charge on any atom is 0.245 e. The molecule has 21 heavy (non-hydrogen) atoms. The summed E-state index contributed by atoms with van der Waals surface area (Å²) in [5.41, 5.74) is -0.189. The van der Waals surface area contributed by atoms with Gasteiger partial charge in [0.15, 0.2) is 0 Å². The Kier molecular flexibility index (Phi) is 4.31. The molecule has 0 aliphatic carbocycles. The minimum absolute atomic E-state index is 0.143. The highest BCUT2D eigenvalue weighted by atomic mass is 16.5. The lowest BCUT2D eigenvalue weighted by atomic mass is 9.67. The normalized spacial score (nSPS) is 28.5. The van der Waals surface area contributed by atoms with E-state index in [1.807, 2.05) is 44.2 Å². The molecule has 1 aromatic rings. The fraction of sp³-hybridized carbons (Fsp3) is 0.500. The molecule has 2 rings (SSSR count). The van der Waals surface area contributed by atoms with Crippen LogP contribution in [0.1, 0.15) is 32.3 Å². The molecule has 5 heteroatoms. The van der Waals surface area contributed by atoms with E-state index in [1.165, 1.54) is 0 Å². The Balaban J connectivity index is 2.41. The minimum atomic E-state index is -1.09. The predicted octanol–water partition coefficient (Wildman–Crippen LogP) is 1.99. The van der Waals surface area contributed by atoms with Crippen LogP contribution in [0.3, 0.4) is 0 Å². The van der Waals surface area contributed by atoms with Crippen LogP contribution in [-0.2, 0) is 4.79 Å². The molecule has 1 saturated heterocycles. The van der Waals surface area contributed by atoms with E-state index in [0.29, 0.717) is 13.1 Å². The summed E-state index contributed by atoms with van der Waals surface area (Å²) >= 11 is 0. The number of hydrogen-bond acceptors (Lipinski definition) is 4.